The second-order valence-electron chi connectivity index (χ2n) is 19.7. The van der Waals surface area contributed by atoms with Crippen LogP contribution in [-0.2, 0) is 4.79 Å². The Labute approximate surface area is 424 Å². The average molecular weight is 945 g/mol. The Morgan fingerprint density at radius 2 is 0.662 bits per heavy atom. The molecular formula is C64H113NO3. The molecule has 0 aromatic heterocycles. The van der Waals surface area contributed by atoms with Crippen molar-refractivity contribution in [2.24, 2.45) is 0 Å². The highest BCUT2D eigenvalue weighted by atomic mass is 16.3. The molecule has 4 heteroatoms. The van der Waals surface area contributed by atoms with Gasteiger partial charge in [0.25, 0.3) is 0 Å². The summed E-state index contributed by atoms with van der Waals surface area (Å²) < 4.78 is 0. The topological polar surface area (TPSA) is 69.6 Å². The lowest BCUT2D eigenvalue weighted by atomic mass is 10.0. The van der Waals surface area contributed by atoms with Crippen LogP contribution in [0.3, 0.4) is 0 Å². The summed E-state index contributed by atoms with van der Waals surface area (Å²) >= 11 is 0. The van der Waals surface area contributed by atoms with Crippen molar-refractivity contribution in [3.63, 3.8) is 0 Å². The summed E-state index contributed by atoms with van der Waals surface area (Å²) in [5, 5.41) is 23.1. The molecule has 0 saturated carbocycles. The Bertz CT molecular complexity index is 1250. The van der Waals surface area contributed by atoms with E-state index in [1.807, 2.05) is 6.08 Å². The maximum atomic E-state index is 12.5. The second-order valence-corrected chi connectivity index (χ2v) is 19.7. The Hall–Kier alpha value is -2.69. The molecule has 0 bridgehead atoms. The van der Waals surface area contributed by atoms with Crippen LogP contribution in [0.4, 0.5) is 0 Å². The number of aliphatic hydroxyl groups excluding tert-OH is 2. The fraction of sp³-hybridized carbons (Fsp3) is 0.734. The Kier molecular flexibility index (Phi) is 56.3. The van der Waals surface area contributed by atoms with E-state index in [0.29, 0.717) is 6.42 Å². The maximum Gasteiger partial charge on any atom is 0.220 e. The highest BCUT2D eigenvalue weighted by Gasteiger charge is 2.18. The summed E-state index contributed by atoms with van der Waals surface area (Å²) in [5.74, 6) is -0.0725. The molecule has 0 heterocycles. The van der Waals surface area contributed by atoms with Gasteiger partial charge in [0.15, 0.2) is 0 Å². The van der Waals surface area contributed by atoms with Gasteiger partial charge in [-0.1, -0.05) is 291 Å². The minimum Gasteiger partial charge on any atom is -0.394 e. The fourth-order valence-corrected chi connectivity index (χ4v) is 8.61. The monoisotopic (exact) mass is 944 g/mol. The number of amides is 1. The van der Waals surface area contributed by atoms with Crippen molar-refractivity contribution in [3.05, 3.63) is 97.2 Å². The number of nitrogens with one attached hydrogen (secondary N) is 1. The number of hydrogen-bond acceptors (Lipinski definition) is 3. The molecule has 0 aliphatic rings. The van der Waals surface area contributed by atoms with Gasteiger partial charge in [-0.05, 0) is 83.5 Å². The lowest BCUT2D eigenvalue weighted by Crippen LogP contribution is -2.45. The number of aliphatic hydroxyl groups is 2. The van der Waals surface area contributed by atoms with Crippen molar-refractivity contribution in [2.45, 2.75) is 296 Å². The van der Waals surface area contributed by atoms with E-state index < -0.39 is 12.1 Å². The molecule has 392 valence electrons. The van der Waals surface area contributed by atoms with Gasteiger partial charge in [-0.2, -0.15) is 0 Å². The fourth-order valence-electron chi connectivity index (χ4n) is 8.61. The lowest BCUT2D eigenvalue weighted by molar-refractivity contribution is -0.123. The third-order valence-corrected chi connectivity index (χ3v) is 13.1. The highest BCUT2D eigenvalue weighted by molar-refractivity contribution is 5.76. The summed E-state index contributed by atoms with van der Waals surface area (Å²) in [4.78, 5) is 12.5. The van der Waals surface area contributed by atoms with Gasteiger partial charge in [0.05, 0.1) is 18.8 Å². The molecule has 1 amide bonds. The molecule has 0 aliphatic heterocycles. The minimum atomic E-state index is -0.864. The molecule has 0 aromatic rings. The number of rotatable bonds is 53. The first-order valence-electron chi connectivity index (χ1n) is 29.5. The van der Waals surface area contributed by atoms with Crippen LogP contribution in [0.2, 0.25) is 0 Å². The molecule has 2 atom stereocenters. The maximum absolute atomic E-state index is 12.5. The summed E-state index contributed by atoms with van der Waals surface area (Å²) in [6.07, 6.45) is 87.3. The standard InChI is InChI=1S/C64H113NO3/c1-3-5-7-9-11-13-15-17-19-20-21-22-23-24-25-26-27-28-29-30-31-32-33-34-35-36-37-38-39-40-41-42-43-44-46-48-50-52-54-56-58-60-64(68)65-62(61-66)63(67)59-57-55-53-51-49-47-45-18-16-14-12-10-8-6-4-2/h5,7,11,13,17,19,21-22,24-25,27-28,49,51,57,59,62-63,66-67H,3-4,6,8-10,12,14-16,18,20,23,26,29-48,50,52-56,58,60-61H2,1-2H3,(H,65,68)/b7-5-,13-11-,19-17-,22-21-,25-24-,28-27-,51-49+,59-57+. The molecular weight excluding hydrogens is 831 g/mol. The van der Waals surface area contributed by atoms with Crippen LogP contribution in [0.1, 0.15) is 284 Å². The quantitative estimate of drug-likeness (QED) is 0.0420. The van der Waals surface area contributed by atoms with Gasteiger partial charge in [0, 0.05) is 6.42 Å². The van der Waals surface area contributed by atoms with Gasteiger partial charge in [-0.3, -0.25) is 4.79 Å². The van der Waals surface area contributed by atoms with E-state index in [4.69, 9.17) is 0 Å². The Morgan fingerprint density at radius 1 is 0.368 bits per heavy atom. The van der Waals surface area contributed by atoms with Crippen LogP contribution in [0.15, 0.2) is 97.2 Å². The van der Waals surface area contributed by atoms with Crippen LogP contribution in [0, 0.1) is 0 Å². The smallest absolute Gasteiger partial charge is 0.220 e. The van der Waals surface area contributed by atoms with Gasteiger partial charge < -0.3 is 15.5 Å². The third-order valence-electron chi connectivity index (χ3n) is 13.1. The molecule has 0 saturated heterocycles. The van der Waals surface area contributed by atoms with E-state index in [-0.39, 0.29) is 12.5 Å². The first kappa shape index (κ1) is 65.3. The third kappa shape index (κ3) is 54.3. The number of unbranched alkanes of at least 4 members (excludes halogenated alkanes) is 32. The van der Waals surface area contributed by atoms with E-state index in [9.17, 15) is 15.0 Å². The molecule has 0 spiro atoms. The van der Waals surface area contributed by atoms with Crippen molar-refractivity contribution in [2.75, 3.05) is 6.61 Å². The molecule has 0 aliphatic carbocycles. The summed E-state index contributed by atoms with van der Waals surface area (Å²) in [6, 6.07) is -0.641. The van der Waals surface area contributed by atoms with Gasteiger partial charge in [-0.15, -0.1) is 0 Å². The van der Waals surface area contributed by atoms with E-state index >= 15 is 0 Å². The highest BCUT2D eigenvalue weighted by Crippen LogP contribution is 2.17. The Morgan fingerprint density at radius 3 is 1.03 bits per heavy atom. The first-order valence-corrected chi connectivity index (χ1v) is 29.5. The molecule has 0 fully saturated rings. The normalized spacial score (nSPS) is 13.5. The molecule has 2 unspecified atom stereocenters. The molecule has 4 nitrogen and oxygen atoms in total. The summed E-state index contributed by atoms with van der Waals surface area (Å²) in [7, 11) is 0. The molecule has 3 N–H and O–H groups in total. The Balaban J connectivity index is 3.46. The zero-order valence-electron chi connectivity index (χ0n) is 45.1. The van der Waals surface area contributed by atoms with Crippen molar-refractivity contribution < 1.29 is 15.0 Å². The largest absolute Gasteiger partial charge is 0.394 e. The number of hydrogen-bond donors (Lipinski definition) is 3. The van der Waals surface area contributed by atoms with Crippen molar-refractivity contribution >= 4 is 5.91 Å². The molecule has 0 rings (SSSR count). The molecule has 0 radical (unpaired) electrons. The molecule has 0 aromatic carbocycles. The van der Waals surface area contributed by atoms with Gasteiger partial charge in [-0.25, -0.2) is 0 Å². The van der Waals surface area contributed by atoms with E-state index in [0.717, 1.165) is 70.6 Å². The van der Waals surface area contributed by atoms with Gasteiger partial charge >= 0.3 is 0 Å². The summed E-state index contributed by atoms with van der Waals surface area (Å²) in [6.45, 7) is 4.18. The van der Waals surface area contributed by atoms with Gasteiger partial charge in [0.1, 0.15) is 0 Å². The minimum absolute atomic E-state index is 0.0725. The predicted octanol–water partition coefficient (Wildman–Crippen LogP) is 19.7. The lowest BCUT2D eigenvalue weighted by Gasteiger charge is -2.19. The van der Waals surface area contributed by atoms with Crippen molar-refractivity contribution in [1.29, 1.82) is 0 Å². The second kappa shape index (κ2) is 58.6. The first-order chi connectivity index (χ1) is 33.7. The van der Waals surface area contributed by atoms with Crippen LogP contribution in [0.5, 0.6) is 0 Å². The van der Waals surface area contributed by atoms with Crippen molar-refractivity contribution in [1.82, 2.24) is 5.32 Å². The van der Waals surface area contributed by atoms with Crippen LogP contribution in [-0.4, -0.2) is 34.9 Å². The van der Waals surface area contributed by atoms with Crippen LogP contribution in [0.25, 0.3) is 0 Å². The van der Waals surface area contributed by atoms with Gasteiger partial charge in [0.2, 0.25) is 5.91 Å². The number of carbonyl (C=O) groups excluding carboxylic acids is 1. The zero-order valence-corrected chi connectivity index (χ0v) is 45.1. The van der Waals surface area contributed by atoms with Crippen LogP contribution >= 0.6 is 0 Å². The predicted molar refractivity (Wildman–Crippen MR) is 303 cm³/mol. The van der Waals surface area contributed by atoms with E-state index in [1.54, 1.807) is 6.08 Å². The van der Waals surface area contributed by atoms with Crippen molar-refractivity contribution in [3.8, 4) is 0 Å². The molecule has 68 heavy (non-hydrogen) atoms. The summed E-state index contributed by atoms with van der Waals surface area (Å²) in [5.41, 5.74) is 0. The van der Waals surface area contributed by atoms with E-state index in [2.05, 4.69) is 104 Å². The average Bonchev–Trinajstić information content (AvgIpc) is 3.34. The number of carbonyl (C=O) groups is 1. The zero-order chi connectivity index (χ0) is 49.2. The SMILES string of the molecule is CC/C=C\C/C=C\C/C=C\C/C=C\C/C=C\C/C=C\CCCCCCCCCCCCCCCCCCCCCCCCC(=O)NC(CO)C(O)/C=C/CC/C=C/CCCCCCCCCCC. The number of allylic oxidation sites excluding steroid dienone is 15. The van der Waals surface area contributed by atoms with E-state index in [1.165, 1.54) is 193 Å². The van der Waals surface area contributed by atoms with Crippen LogP contribution < -0.4 is 5.32 Å².